The van der Waals surface area contributed by atoms with Gasteiger partial charge in [-0.15, -0.1) is 0 Å². The molecule has 2 amide bonds. The number of nitrogens with one attached hydrogen (secondary N) is 1. The van der Waals surface area contributed by atoms with Crippen LogP contribution in [0.3, 0.4) is 0 Å². The Hall–Kier alpha value is -1.59. The van der Waals surface area contributed by atoms with Crippen molar-refractivity contribution in [3.63, 3.8) is 0 Å². The van der Waals surface area contributed by atoms with E-state index in [1.165, 1.54) is 0 Å². The maximum Gasteiger partial charge on any atom is 0.239 e. The molecule has 0 aromatic heterocycles. The fraction of sp³-hybridized carbons (Fsp3) is 0.619. The molecule has 0 radical (unpaired) electrons. The zero-order valence-electron chi connectivity index (χ0n) is 16.5. The first kappa shape index (κ1) is 20.2. The molecule has 1 N–H and O–H groups in total. The molecular weight excluding hydrogens is 362 g/mol. The topological polar surface area (TPSA) is 52.6 Å². The summed E-state index contributed by atoms with van der Waals surface area (Å²) in [7, 11) is 1.87. The molecule has 5 nitrogen and oxygen atoms in total. The molecule has 1 unspecified atom stereocenters. The molecule has 2 aliphatic heterocycles. The van der Waals surface area contributed by atoms with E-state index >= 15 is 0 Å². The van der Waals surface area contributed by atoms with Gasteiger partial charge < -0.3 is 10.2 Å². The second-order valence-electron chi connectivity index (χ2n) is 8.54. The van der Waals surface area contributed by atoms with Crippen LogP contribution in [0.1, 0.15) is 38.7 Å². The number of piperidine rings is 1. The van der Waals surface area contributed by atoms with E-state index in [0.29, 0.717) is 11.4 Å². The van der Waals surface area contributed by atoms with Crippen LogP contribution in [-0.2, 0) is 16.0 Å². The summed E-state index contributed by atoms with van der Waals surface area (Å²) in [5, 5.41) is 3.93. The fourth-order valence-corrected chi connectivity index (χ4v) is 4.33. The lowest BCUT2D eigenvalue weighted by Crippen LogP contribution is -2.52. The first-order valence-electron chi connectivity index (χ1n) is 9.81. The molecule has 1 atom stereocenters. The number of likely N-dealkylation sites (tertiary alicyclic amines) is 2. The summed E-state index contributed by atoms with van der Waals surface area (Å²) in [5.74, 6) is 0.317. The molecule has 6 heteroatoms. The van der Waals surface area contributed by atoms with Crippen molar-refractivity contribution < 1.29 is 9.59 Å². The molecule has 0 spiro atoms. The Morgan fingerprint density at radius 3 is 2.52 bits per heavy atom. The van der Waals surface area contributed by atoms with Gasteiger partial charge in [-0.2, -0.15) is 0 Å². The number of halogens is 1. The summed E-state index contributed by atoms with van der Waals surface area (Å²) in [6.07, 6.45) is 3.36. The number of hydrogen-bond donors (Lipinski definition) is 1. The van der Waals surface area contributed by atoms with Crippen molar-refractivity contribution in [2.24, 2.45) is 5.41 Å². The number of rotatable bonds is 5. The van der Waals surface area contributed by atoms with Gasteiger partial charge in [0.15, 0.2) is 0 Å². The van der Waals surface area contributed by atoms with E-state index in [1.54, 1.807) is 0 Å². The van der Waals surface area contributed by atoms with Crippen LogP contribution < -0.4 is 5.32 Å². The van der Waals surface area contributed by atoms with Crippen molar-refractivity contribution in [1.29, 1.82) is 0 Å². The molecule has 1 aromatic carbocycles. The van der Waals surface area contributed by atoms with Crippen molar-refractivity contribution in [3.05, 3.63) is 34.9 Å². The van der Waals surface area contributed by atoms with Crippen LogP contribution in [-0.4, -0.2) is 60.4 Å². The molecule has 1 aromatic rings. The number of amides is 2. The Bertz CT molecular complexity index is 698. The average molecular weight is 392 g/mol. The van der Waals surface area contributed by atoms with Crippen LogP contribution in [0.5, 0.6) is 0 Å². The second kappa shape index (κ2) is 8.19. The number of benzene rings is 1. The molecule has 2 aliphatic rings. The lowest BCUT2D eigenvalue weighted by molar-refractivity contribution is -0.133. The molecule has 148 valence electrons. The quantitative estimate of drug-likeness (QED) is 0.839. The monoisotopic (exact) mass is 391 g/mol. The van der Waals surface area contributed by atoms with E-state index in [0.717, 1.165) is 44.5 Å². The highest BCUT2D eigenvalue weighted by molar-refractivity contribution is 6.30. The van der Waals surface area contributed by atoms with Gasteiger partial charge in [-0.1, -0.05) is 37.6 Å². The van der Waals surface area contributed by atoms with Gasteiger partial charge in [0.05, 0.1) is 6.04 Å². The molecule has 27 heavy (non-hydrogen) atoms. The summed E-state index contributed by atoms with van der Waals surface area (Å²) < 4.78 is 0. The third kappa shape index (κ3) is 4.82. The second-order valence-corrected chi connectivity index (χ2v) is 8.97. The van der Waals surface area contributed by atoms with Crippen molar-refractivity contribution >= 4 is 23.4 Å². The van der Waals surface area contributed by atoms with Gasteiger partial charge in [-0.25, -0.2) is 0 Å². The van der Waals surface area contributed by atoms with E-state index < -0.39 is 5.41 Å². The van der Waals surface area contributed by atoms with E-state index in [2.05, 4.69) is 10.2 Å². The minimum absolute atomic E-state index is 0.0333. The van der Waals surface area contributed by atoms with E-state index in [9.17, 15) is 9.59 Å². The number of nitrogens with zero attached hydrogens (tertiary/aromatic N) is 2. The van der Waals surface area contributed by atoms with E-state index in [-0.39, 0.29) is 23.9 Å². The Labute approximate surface area is 167 Å². The Morgan fingerprint density at radius 2 is 1.93 bits per heavy atom. The third-order valence-corrected chi connectivity index (χ3v) is 6.09. The summed E-state index contributed by atoms with van der Waals surface area (Å²) in [6, 6.07) is 7.91. The maximum absolute atomic E-state index is 12.8. The molecule has 0 bridgehead atoms. The summed E-state index contributed by atoms with van der Waals surface area (Å²) in [4.78, 5) is 29.1. The van der Waals surface area contributed by atoms with Crippen molar-refractivity contribution in [2.75, 3.05) is 26.7 Å². The highest BCUT2D eigenvalue weighted by Crippen LogP contribution is 2.26. The first-order chi connectivity index (χ1) is 12.8. The lowest BCUT2D eigenvalue weighted by atomic mass is 9.84. The largest absolute Gasteiger partial charge is 0.353 e. The predicted molar refractivity (Wildman–Crippen MR) is 108 cm³/mol. The van der Waals surface area contributed by atoms with Gasteiger partial charge >= 0.3 is 0 Å². The van der Waals surface area contributed by atoms with Crippen molar-refractivity contribution in [3.8, 4) is 0 Å². The van der Waals surface area contributed by atoms with Gasteiger partial charge in [0.2, 0.25) is 11.8 Å². The summed E-state index contributed by atoms with van der Waals surface area (Å²) in [5.41, 5.74) is 0.577. The van der Waals surface area contributed by atoms with Gasteiger partial charge in [0, 0.05) is 43.2 Å². The average Bonchev–Trinajstić information content (AvgIpc) is 2.94. The molecule has 2 saturated heterocycles. The molecular formula is C21H30ClN3O2. The predicted octanol–water partition coefficient (Wildman–Crippen LogP) is 2.72. The van der Waals surface area contributed by atoms with Crippen molar-refractivity contribution in [1.82, 2.24) is 15.1 Å². The fourth-order valence-electron chi connectivity index (χ4n) is 4.12. The van der Waals surface area contributed by atoms with E-state index in [1.807, 2.05) is 50.1 Å². The minimum Gasteiger partial charge on any atom is -0.353 e. The third-order valence-electron chi connectivity index (χ3n) is 5.85. The molecule has 2 fully saturated rings. The molecule has 0 saturated carbocycles. The van der Waals surface area contributed by atoms with Crippen LogP contribution in [0, 0.1) is 5.41 Å². The van der Waals surface area contributed by atoms with Gasteiger partial charge in [0.25, 0.3) is 0 Å². The van der Waals surface area contributed by atoms with Crippen LogP contribution in [0.15, 0.2) is 24.3 Å². The first-order valence-corrected chi connectivity index (χ1v) is 10.2. The number of carbonyl (C=O) groups is 2. The Kier molecular flexibility index (Phi) is 6.11. The SMILES string of the molecule is CN1CCC(N2CCC(NC(=O)C(C)(C)Cc3cccc(Cl)c3)CC2)C1=O. The van der Waals surface area contributed by atoms with Gasteiger partial charge in [-0.05, 0) is 43.4 Å². The highest BCUT2D eigenvalue weighted by Gasteiger charge is 2.37. The Morgan fingerprint density at radius 1 is 1.22 bits per heavy atom. The lowest BCUT2D eigenvalue weighted by Gasteiger charge is -2.36. The van der Waals surface area contributed by atoms with Crippen LogP contribution in [0.25, 0.3) is 0 Å². The smallest absolute Gasteiger partial charge is 0.239 e. The zero-order valence-corrected chi connectivity index (χ0v) is 17.3. The van der Waals surface area contributed by atoms with Crippen LogP contribution in [0.2, 0.25) is 5.02 Å². The van der Waals surface area contributed by atoms with Crippen molar-refractivity contribution in [2.45, 2.75) is 51.6 Å². The maximum atomic E-state index is 12.8. The normalized spacial score (nSPS) is 22.3. The standard InChI is InChI=1S/C21H30ClN3O2/c1-21(2,14-15-5-4-6-16(22)13-15)20(27)23-17-7-11-25(12-8-17)18-9-10-24(3)19(18)26/h4-6,13,17-18H,7-12,14H2,1-3H3,(H,23,27). The number of likely N-dealkylation sites (N-methyl/N-ethyl adjacent to an activating group) is 1. The molecule has 0 aliphatic carbocycles. The van der Waals surface area contributed by atoms with Crippen LogP contribution >= 0.6 is 11.6 Å². The Balaban J connectivity index is 1.50. The van der Waals surface area contributed by atoms with Crippen LogP contribution in [0.4, 0.5) is 0 Å². The number of carbonyl (C=O) groups excluding carboxylic acids is 2. The van der Waals surface area contributed by atoms with Gasteiger partial charge in [-0.3, -0.25) is 14.5 Å². The highest BCUT2D eigenvalue weighted by atomic mass is 35.5. The number of hydrogen-bond acceptors (Lipinski definition) is 3. The summed E-state index contributed by atoms with van der Waals surface area (Å²) in [6.45, 7) is 6.53. The summed E-state index contributed by atoms with van der Waals surface area (Å²) >= 11 is 6.06. The minimum atomic E-state index is -0.494. The van der Waals surface area contributed by atoms with Gasteiger partial charge in [0.1, 0.15) is 0 Å². The molecule has 3 rings (SSSR count). The zero-order chi connectivity index (χ0) is 19.6. The van der Waals surface area contributed by atoms with E-state index in [4.69, 9.17) is 11.6 Å². The molecule has 2 heterocycles.